The molecule has 0 bridgehead atoms. The quantitative estimate of drug-likeness (QED) is 0.676. The lowest BCUT2D eigenvalue weighted by molar-refractivity contribution is 1.00. The third kappa shape index (κ3) is 1.59. The van der Waals surface area contributed by atoms with Gasteiger partial charge in [0, 0.05) is 6.20 Å². The summed E-state index contributed by atoms with van der Waals surface area (Å²) in [6.45, 7) is 0. The van der Waals surface area contributed by atoms with Crippen molar-refractivity contribution >= 4 is 45.5 Å². The number of aromatic nitrogens is 2. The fourth-order valence-corrected chi connectivity index (χ4v) is 1.77. The first-order valence-electron chi connectivity index (χ1n) is 2.29. The molecule has 6 heteroatoms. The van der Waals surface area contributed by atoms with Crippen molar-refractivity contribution in [3.05, 3.63) is 30.6 Å². The summed E-state index contributed by atoms with van der Waals surface area (Å²) in [5.74, 6) is 0. The molecule has 1 aromatic heterocycles. The number of H-pyrrole nitrogens is 1. The Labute approximate surface area is 83.3 Å². The van der Waals surface area contributed by atoms with Crippen LogP contribution in [0.1, 0.15) is 0 Å². The van der Waals surface area contributed by atoms with Crippen molar-refractivity contribution in [2.24, 2.45) is 0 Å². The first-order chi connectivity index (χ1) is 4.61. The molecule has 1 N–H and O–H groups in total. The van der Waals surface area contributed by atoms with Crippen LogP contribution in [0.5, 0.6) is 0 Å². The fraction of sp³-hybridized carbons (Fsp3) is 0. The van der Waals surface area contributed by atoms with E-state index in [9.17, 15) is 9.59 Å². The Balaban J connectivity index is 3.59. The van der Waals surface area contributed by atoms with Gasteiger partial charge in [-0.1, -0.05) is 0 Å². The van der Waals surface area contributed by atoms with Crippen LogP contribution in [-0.4, -0.2) is 7.76 Å². The van der Waals surface area contributed by atoms with Gasteiger partial charge < -0.3 is 0 Å². The zero-order valence-corrected chi connectivity index (χ0v) is 8.91. The van der Waals surface area contributed by atoms with E-state index in [0.29, 0.717) is 3.57 Å². The lowest BCUT2D eigenvalue weighted by Gasteiger charge is -1.91. The minimum Gasteiger partial charge on any atom is -0.272 e. The van der Waals surface area contributed by atoms with Crippen LogP contribution < -0.4 is 11.2 Å². The first-order valence-corrected chi connectivity index (χ1v) is 4.33. The molecular weight excluding hydrogens is 362 g/mol. The molecule has 0 radical (unpaired) electrons. The standard InChI is InChI=1S/C4H2I2N2O2/c5-2-1-8(6)4(10)7-3(2)9/h1H,(H,7,9,10). The van der Waals surface area contributed by atoms with Crippen molar-refractivity contribution in [1.82, 2.24) is 7.76 Å². The number of nitrogens with zero attached hydrogens (tertiary/aromatic N) is 1. The Kier molecular flexibility index (Phi) is 2.50. The Morgan fingerprint density at radius 2 is 2.10 bits per heavy atom. The van der Waals surface area contributed by atoms with Crippen LogP contribution in [0, 0.1) is 3.57 Å². The van der Waals surface area contributed by atoms with Gasteiger partial charge in [-0.05, 0) is 22.6 Å². The van der Waals surface area contributed by atoms with Gasteiger partial charge in [0.15, 0.2) is 0 Å². The highest BCUT2D eigenvalue weighted by Crippen LogP contribution is 1.94. The third-order valence-electron chi connectivity index (χ3n) is 0.858. The summed E-state index contributed by atoms with van der Waals surface area (Å²) in [7, 11) is 0. The van der Waals surface area contributed by atoms with Gasteiger partial charge >= 0.3 is 5.69 Å². The third-order valence-corrected chi connectivity index (χ3v) is 2.34. The number of nitrogens with one attached hydrogen (secondary N) is 1. The lowest BCUT2D eigenvalue weighted by atomic mass is 10.7. The van der Waals surface area contributed by atoms with E-state index in [0.717, 1.165) is 0 Å². The van der Waals surface area contributed by atoms with Crippen LogP contribution in [0.3, 0.4) is 0 Å². The van der Waals surface area contributed by atoms with Crippen LogP contribution in [-0.2, 0) is 0 Å². The highest BCUT2D eigenvalue weighted by molar-refractivity contribution is 14.1. The Morgan fingerprint density at radius 1 is 1.50 bits per heavy atom. The van der Waals surface area contributed by atoms with Crippen molar-refractivity contribution in [2.75, 3.05) is 0 Å². The molecule has 0 aliphatic rings. The second kappa shape index (κ2) is 3.03. The van der Waals surface area contributed by atoms with Gasteiger partial charge in [0.05, 0.1) is 26.4 Å². The molecular formula is C4H2I2N2O2. The van der Waals surface area contributed by atoms with E-state index < -0.39 is 5.69 Å². The summed E-state index contributed by atoms with van der Waals surface area (Å²) in [6, 6.07) is 0. The monoisotopic (exact) mass is 364 g/mol. The van der Waals surface area contributed by atoms with Gasteiger partial charge in [0.1, 0.15) is 0 Å². The van der Waals surface area contributed by atoms with Crippen LogP contribution in [0.2, 0.25) is 0 Å². The summed E-state index contributed by atoms with van der Waals surface area (Å²) >= 11 is 3.65. The maximum absolute atomic E-state index is 10.7. The molecule has 1 rings (SSSR count). The molecule has 0 amide bonds. The van der Waals surface area contributed by atoms with E-state index in [1.165, 1.54) is 8.98 Å². The van der Waals surface area contributed by atoms with E-state index >= 15 is 0 Å². The zero-order chi connectivity index (χ0) is 7.72. The predicted molar refractivity (Wildman–Crippen MR) is 53.5 cm³/mol. The molecule has 0 aliphatic heterocycles. The second-order valence-corrected chi connectivity index (χ2v) is 3.75. The second-order valence-electron chi connectivity index (χ2n) is 1.55. The highest BCUT2D eigenvalue weighted by Gasteiger charge is 1.96. The predicted octanol–water partition coefficient (Wildman–Crippen LogP) is 0.339. The SMILES string of the molecule is O=c1[nH]c(=O)n(I)cc1I. The van der Waals surface area contributed by atoms with Gasteiger partial charge in [-0.15, -0.1) is 0 Å². The van der Waals surface area contributed by atoms with Crippen LogP contribution >= 0.6 is 45.5 Å². The van der Waals surface area contributed by atoms with Gasteiger partial charge in [-0.3, -0.25) is 9.78 Å². The molecule has 0 atom stereocenters. The topological polar surface area (TPSA) is 54.9 Å². The Morgan fingerprint density at radius 3 is 2.60 bits per heavy atom. The van der Waals surface area contributed by atoms with E-state index in [1.807, 2.05) is 22.6 Å². The van der Waals surface area contributed by atoms with E-state index in [4.69, 9.17) is 0 Å². The minimum absolute atomic E-state index is 0.335. The van der Waals surface area contributed by atoms with Gasteiger partial charge in [0.2, 0.25) is 0 Å². The maximum Gasteiger partial charge on any atom is 0.337 e. The molecule has 1 heterocycles. The number of hydrogen-bond donors (Lipinski definition) is 1. The molecule has 0 aliphatic carbocycles. The molecule has 1 aromatic rings. The molecule has 0 aromatic carbocycles. The fourth-order valence-electron chi connectivity index (χ4n) is 0.427. The van der Waals surface area contributed by atoms with E-state index in [-0.39, 0.29) is 5.56 Å². The van der Waals surface area contributed by atoms with Gasteiger partial charge in [0.25, 0.3) is 5.56 Å². The number of halogens is 2. The maximum atomic E-state index is 10.7. The zero-order valence-electron chi connectivity index (χ0n) is 4.60. The molecule has 0 fully saturated rings. The summed E-state index contributed by atoms with van der Waals surface area (Å²) in [5, 5.41) is 0. The van der Waals surface area contributed by atoms with Crippen molar-refractivity contribution in [2.45, 2.75) is 0 Å². The summed E-state index contributed by atoms with van der Waals surface area (Å²) < 4.78 is 1.80. The van der Waals surface area contributed by atoms with E-state index in [1.54, 1.807) is 22.9 Å². The molecule has 0 unspecified atom stereocenters. The Hall–Kier alpha value is 0.140. The molecule has 0 spiro atoms. The number of rotatable bonds is 0. The Bertz CT molecular complexity index is 322. The van der Waals surface area contributed by atoms with Crippen LogP contribution in [0.25, 0.3) is 0 Å². The number of hydrogen-bond acceptors (Lipinski definition) is 2. The minimum atomic E-state index is -0.397. The normalized spacial score (nSPS) is 9.80. The van der Waals surface area contributed by atoms with Crippen molar-refractivity contribution in [1.29, 1.82) is 0 Å². The lowest BCUT2D eigenvalue weighted by Crippen LogP contribution is -2.26. The van der Waals surface area contributed by atoms with Crippen molar-refractivity contribution in [3.63, 3.8) is 0 Å². The van der Waals surface area contributed by atoms with Crippen molar-refractivity contribution < 1.29 is 0 Å². The summed E-state index contributed by atoms with van der Waals surface area (Å²) in [4.78, 5) is 23.5. The molecule has 4 nitrogen and oxygen atoms in total. The van der Waals surface area contributed by atoms with Gasteiger partial charge in [-0.25, -0.2) is 7.58 Å². The number of aromatic amines is 1. The molecule has 10 heavy (non-hydrogen) atoms. The highest BCUT2D eigenvalue weighted by atomic mass is 127. The first kappa shape index (κ1) is 8.24. The smallest absolute Gasteiger partial charge is 0.272 e. The van der Waals surface area contributed by atoms with E-state index in [2.05, 4.69) is 4.98 Å². The van der Waals surface area contributed by atoms with Crippen molar-refractivity contribution in [3.8, 4) is 0 Å². The molecule has 0 saturated carbocycles. The molecule has 54 valence electrons. The summed E-state index contributed by atoms with van der Waals surface area (Å²) in [6.07, 6.45) is 1.47. The van der Waals surface area contributed by atoms with Crippen LogP contribution in [0.4, 0.5) is 0 Å². The summed E-state index contributed by atoms with van der Waals surface area (Å²) in [5.41, 5.74) is -0.732. The average Bonchev–Trinajstić information content (AvgIpc) is 1.84. The van der Waals surface area contributed by atoms with Gasteiger partial charge in [-0.2, -0.15) is 0 Å². The average molecular weight is 364 g/mol. The van der Waals surface area contributed by atoms with Crippen LogP contribution in [0.15, 0.2) is 15.8 Å². The largest absolute Gasteiger partial charge is 0.337 e. The molecule has 0 saturated heterocycles.